The van der Waals surface area contributed by atoms with Crippen molar-refractivity contribution in [1.29, 1.82) is 0 Å². The highest BCUT2D eigenvalue weighted by Gasteiger charge is 2.46. The van der Waals surface area contributed by atoms with Crippen LogP contribution < -0.4 is 4.90 Å². The molecule has 0 fully saturated rings. The molecule has 0 bridgehead atoms. The molecule has 0 spiro atoms. The standard InChI is InChI=1S/C29H36N2O2/c1-29(2)24-18-25-19(7-3-11-30(25)12-6-10-26(32)33)15-21(24)17-22-16-20-8-4-13-31-14-5-9-23(27(22)29)28(20)31/h15-17,24H,3-14,18H2,1-2H3/p+1. The molecule has 2 aliphatic carbocycles. The zero-order valence-electron chi connectivity index (χ0n) is 20.3. The van der Waals surface area contributed by atoms with E-state index in [0.717, 1.165) is 32.4 Å². The van der Waals surface area contributed by atoms with E-state index in [-0.39, 0.29) is 11.8 Å². The lowest BCUT2D eigenvalue weighted by Gasteiger charge is -2.47. The summed E-state index contributed by atoms with van der Waals surface area (Å²) in [6, 6.07) is 2.54. The topological polar surface area (TPSA) is 43.5 Å². The van der Waals surface area contributed by atoms with Gasteiger partial charge in [-0.2, -0.15) is 0 Å². The van der Waals surface area contributed by atoms with E-state index in [1.54, 1.807) is 22.4 Å². The van der Waals surface area contributed by atoms with Gasteiger partial charge in [-0.1, -0.05) is 19.9 Å². The number of carboxylic acids is 1. The number of nitrogens with zero attached hydrogens (tertiary/aromatic N) is 2. The van der Waals surface area contributed by atoms with Crippen molar-refractivity contribution in [3.05, 3.63) is 45.5 Å². The molecule has 0 radical (unpaired) electrons. The van der Waals surface area contributed by atoms with Crippen LogP contribution in [0.1, 0.15) is 81.0 Å². The van der Waals surface area contributed by atoms with E-state index < -0.39 is 5.97 Å². The fourth-order valence-electron chi connectivity index (χ4n) is 7.57. The second kappa shape index (κ2) is 7.85. The van der Waals surface area contributed by atoms with Crippen molar-refractivity contribution in [3.63, 3.8) is 0 Å². The third-order valence-corrected chi connectivity index (χ3v) is 8.98. The van der Waals surface area contributed by atoms with Crippen molar-refractivity contribution >= 4 is 23.4 Å². The summed E-state index contributed by atoms with van der Waals surface area (Å²) in [5.41, 5.74) is 12.5. The first-order valence-corrected chi connectivity index (χ1v) is 13.1. The lowest BCUT2D eigenvalue weighted by atomic mass is 9.59. The largest absolute Gasteiger partial charge is 0.481 e. The molecule has 3 aliphatic heterocycles. The Bertz CT molecular complexity index is 1120. The number of hydrogen-bond acceptors (Lipinski definition) is 2. The van der Waals surface area contributed by atoms with Gasteiger partial charge in [-0.15, -0.1) is 0 Å². The molecule has 4 nitrogen and oxygen atoms in total. The summed E-state index contributed by atoms with van der Waals surface area (Å²) in [7, 11) is 0. The van der Waals surface area contributed by atoms with Gasteiger partial charge in [-0.25, -0.2) is 4.58 Å². The molecule has 174 valence electrons. The van der Waals surface area contributed by atoms with Gasteiger partial charge in [-0.05, 0) is 77.5 Å². The van der Waals surface area contributed by atoms with Crippen molar-refractivity contribution < 1.29 is 14.5 Å². The van der Waals surface area contributed by atoms with Crippen LogP contribution in [-0.2, 0) is 23.1 Å². The van der Waals surface area contributed by atoms with Gasteiger partial charge >= 0.3 is 5.97 Å². The molecule has 1 N–H and O–H groups in total. The zero-order chi connectivity index (χ0) is 22.7. The van der Waals surface area contributed by atoms with Gasteiger partial charge in [0.15, 0.2) is 5.71 Å². The average Bonchev–Trinajstić information content (AvgIpc) is 2.78. The van der Waals surface area contributed by atoms with E-state index in [4.69, 9.17) is 5.11 Å². The smallest absolute Gasteiger partial charge is 0.303 e. The Morgan fingerprint density at radius 3 is 2.79 bits per heavy atom. The van der Waals surface area contributed by atoms with Crippen molar-refractivity contribution in [2.45, 2.75) is 77.0 Å². The van der Waals surface area contributed by atoms with Crippen molar-refractivity contribution in [1.82, 2.24) is 0 Å². The lowest BCUT2D eigenvalue weighted by Crippen LogP contribution is -2.43. The first-order valence-electron chi connectivity index (χ1n) is 13.1. The molecule has 6 rings (SSSR count). The fourth-order valence-corrected chi connectivity index (χ4v) is 7.57. The van der Waals surface area contributed by atoms with Crippen LogP contribution in [0.4, 0.5) is 5.69 Å². The Kier molecular flexibility index (Phi) is 5.04. The zero-order valence-corrected chi connectivity index (χ0v) is 20.3. The Labute approximate surface area is 197 Å². The predicted octanol–water partition coefficient (Wildman–Crippen LogP) is 5.12. The molecule has 0 amide bonds. The Morgan fingerprint density at radius 1 is 1.15 bits per heavy atom. The number of allylic oxidation sites excluding steroid dienone is 3. The minimum Gasteiger partial charge on any atom is -0.481 e. The number of carbonyl (C=O) groups is 1. The van der Waals surface area contributed by atoms with Crippen LogP contribution >= 0.6 is 0 Å². The minimum absolute atomic E-state index is 0.101. The Morgan fingerprint density at radius 2 is 1.97 bits per heavy atom. The highest BCUT2D eigenvalue weighted by molar-refractivity contribution is 6.00. The molecule has 1 aromatic carbocycles. The molecule has 1 unspecified atom stereocenters. The first kappa shape index (κ1) is 21.2. The fraction of sp³-hybridized carbons (Fsp3) is 0.586. The first-order chi connectivity index (χ1) is 15.9. The molecule has 4 heteroatoms. The number of benzene rings is 1. The highest BCUT2D eigenvalue weighted by Crippen LogP contribution is 2.53. The van der Waals surface area contributed by atoms with Crippen LogP contribution in [0, 0.1) is 5.92 Å². The Balaban J connectivity index is 1.44. The summed E-state index contributed by atoms with van der Waals surface area (Å²) in [6.45, 7) is 9.37. The second-order valence-electron chi connectivity index (χ2n) is 11.3. The molecule has 1 aromatic rings. The number of fused-ring (bicyclic) bond motifs is 4. The van der Waals surface area contributed by atoms with Crippen LogP contribution in [0.15, 0.2) is 23.3 Å². The van der Waals surface area contributed by atoms with Gasteiger partial charge in [0.05, 0.1) is 6.42 Å². The number of aliphatic carboxylic acids is 1. The van der Waals surface area contributed by atoms with E-state index >= 15 is 0 Å². The number of aryl methyl sites for hydroxylation is 1. The number of anilines is 1. The summed E-state index contributed by atoms with van der Waals surface area (Å²) < 4.78 is 2.51. The van der Waals surface area contributed by atoms with Crippen LogP contribution in [-0.4, -0.2) is 47.5 Å². The van der Waals surface area contributed by atoms with Crippen molar-refractivity contribution in [3.8, 4) is 0 Å². The average molecular weight is 446 g/mol. The summed E-state index contributed by atoms with van der Waals surface area (Å²) in [5.74, 6) is -0.185. The molecule has 3 heterocycles. The third-order valence-electron chi connectivity index (χ3n) is 8.98. The quantitative estimate of drug-likeness (QED) is 0.655. The number of carboxylic acid groups (broad SMARTS) is 1. The molecular formula is C29H37N2O2+. The van der Waals surface area contributed by atoms with Gasteiger partial charge < -0.3 is 10.0 Å². The predicted molar refractivity (Wildman–Crippen MR) is 134 cm³/mol. The summed E-state index contributed by atoms with van der Waals surface area (Å²) in [6.07, 6.45) is 14.5. The number of hydrogen-bond donors (Lipinski definition) is 1. The van der Waals surface area contributed by atoms with Gasteiger partial charge in [0.1, 0.15) is 13.1 Å². The molecule has 5 aliphatic rings. The maximum absolute atomic E-state index is 11.1. The van der Waals surface area contributed by atoms with E-state index in [9.17, 15) is 4.79 Å². The van der Waals surface area contributed by atoms with Crippen LogP contribution in [0.2, 0.25) is 0 Å². The Hall–Kier alpha value is -2.36. The van der Waals surface area contributed by atoms with Gasteiger partial charge in [0, 0.05) is 49.5 Å². The van der Waals surface area contributed by atoms with Crippen LogP contribution in [0.25, 0.3) is 6.08 Å². The van der Waals surface area contributed by atoms with E-state index in [1.165, 1.54) is 67.6 Å². The normalized spacial score (nSPS) is 24.8. The molecule has 0 saturated heterocycles. The van der Waals surface area contributed by atoms with Gasteiger partial charge in [0.2, 0.25) is 0 Å². The highest BCUT2D eigenvalue weighted by atomic mass is 16.4. The molecule has 0 aromatic heterocycles. The maximum atomic E-state index is 11.1. The SMILES string of the molecule is CC1(C)c2c(cc3c4c2CCCN4CCC3)C=C2C=C3CCC[N+](CCCC(=O)O)=C3CC21. The number of rotatable bonds is 4. The molecule has 0 saturated carbocycles. The van der Waals surface area contributed by atoms with Crippen molar-refractivity contribution in [2.24, 2.45) is 5.92 Å². The minimum atomic E-state index is -0.682. The monoisotopic (exact) mass is 445 g/mol. The van der Waals surface area contributed by atoms with E-state index in [2.05, 4.69) is 41.5 Å². The molecule has 1 atom stereocenters. The summed E-state index contributed by atoms with van der Waals surface area (Å²) in [5, 5.41) is 9.10. The lowest BCUT2D eigenvalue weighted by molar-refractivity contribution is -0.532. The molecule has 33 heavy (non-hydrogen) atoms. The van der Waals surface area contributed by atoms with Gasteiger partial charge in [-0.3, -0.25) is 4.79 Å². The van der Waals surface area contributed by atoms with Crippen LogP contribution in [0.5, 0.6) is 0 Å². The summed E-state index contributed by atoms with van der Waals surface area (Å²) >= 11 is 0. The van der Waals surface area contributed by atoms with Crippen molar-refractivity contribution in [2.75, 3.05) is 31.1 Å². The summed E-state index contributed by atoms with van der Waals surface area (Å²) in [4.78, 5) is 13.7. The second-order valence-corrected chi connectivity index (χ2v) is 11.3. The van der Waals surface area contributed by atoms with Gasteiger partial charge in [0.25, 0.3) is 0 Å². The van der Waals surface area contributed by atoms with Crippen LogP contribution in [0.3, 0.4) is 0 Å². The third kappa shape index (κ3) is 3.40. The maximum Gasteiger partial charge on any atom is 0.303 e. The van der Waals surface area contributed by atoms with E-state index in [0.29, 0.717) is 5.92 Å². The van der Waals surface area contributed by atoms with E-state index in [1.807, 2.05) is 0 Å². The molecular weight excluding hydrogens is 408 g/mol.